The quantitative estimate of drug-likeness (QED) is 0.126. The second kappa shape index (κ2) is 19.5. The molecule has 9 aliphatic rings. The second-order valence-corrected chi connectivity index (χ2v) is 28.8. The molecule has 0 N–H and O–H groups in total. The van der Waals surface area contributed by atoms with Crippen molar-refractivity contribution >= 4 is 44.9 Å². The summed E-state index contributed by atoms with van der Waals surface area (Å²) in [7, 11) is 0. The van der Waals surface area contributed by atoms with Crippen molar-refractivity contribution in [3.8, 4) is 56.3 Å². The molecule has 454 valence electrons. The molecule has 11 aromatic rings. The number of anilines is 3. The highest BCUT2D eigenvalue weighted by molar-refractivity contribution is 6.07. The lowest BCUT2D eigenvalue weighted by molar-refractivity contribution is 0.496. The Bertz CT molecular complexity index is 5420. The zero-order valence-corrected chi connectivity index (χ0v) is 54.5. The Morgan fingerprint density at radius 2 is 1.16 bits per heavy atom. The summed E-state index contributed by atoms with van der Waals surface area (Å²) in [6.45, 7) is 15.3. The zero-order chi connectivity index (χ0) is 63.4. The summed E-state index contributed by atoms with van der Waals surface area (Å²) in [5.41, 5.74) is 35.3. The highest BCUT2D eigenvalue weighted by Gasteiger charge is 2.60. The van der Waals surface area contributed by atoms with Crippen LogP contribution in [-0.4, -0.2) is 5.54 Å². The first kappa shape index (κ1) is 54.9. The smallest absolute Gasteiger partial charge is 0.135 e. The van der Waals surface area contributed by atoms with Crippen LogP contribution in [0.2, 0.25) is 0 Å². The number of para-hydroxylation sites is 2. The van der Waals surface area contributed by atoms with Crippen molar-refractivity contribution in [3.05, 3.63) is 345 Å². The Morgan fingerprint density at radius 1 is 0.516 bits per heavy atom. The van der Waals surface area contributed by atoms with Gasteiger partial charge in [0.1, 0.15) is 11.3 Å². The minimum absolute atomic E-state index is 0.148. The Hall–Kier alpha value is -10.7. The molecule has 5 atom stereocenters. The van der Waals surface area contributed by atoms with Crippen molar-refractivity contribution in [1.29, 1.82) is 0 Å². The molecule has 0 radical (unpaired) electrons. The molecular formula is C92H70N2O. The summed E-state index contributed by atoms with van der Waals surface area (Å²) in [5, 5.41) is 1.14. The van der Waals surface area contributed by atoms with Crippen molar-refractivity contribution in [1.82, 2.24) is 0 Å². The minimum Gasteiger partial charge on any atom is -0.459 e. The largest absolute Gasteiger partial charge is 0.459 e. The van der Waals surface area contributed by atoms with Crippen molar-refractivity contribution in [2.75, 3.05) is 9.80 Å². The van der Waals surface area contributed by atoms with Crippen LogP contribution < -0.4 is 9.80 Å². The lowest BCUT2D eigenvalue weighted by Gasteiger charge is -2.55. The lowest BCUT2D eigenvalue weighted by Crippen LogP contribution is -2.52. The van der Waals surface area contributed by atoms with Crippen molar-refractivity contribution in [3.63, 3.8) is 0 Å². The van der Waals surface area contributed by atoms with Crippen LogP contribution in [-0.2, 0) is 22.7 Å². The third kappa shape index (κ3) is 7.02. The zero-order valence-electron chi connectivity index (χ0n) is 54.5. The predicted molar refractivity (Wildman–Crippen MR) is 391 cm³/mol. The van der Waals surface area contributed by atoms with Crippen LogP contribution in [0.5, 0.6) is 0 Å². The van der Waals surface area contributed by atoms with Crippen LogP contribution in [0.25, 0.3) is 72.3 Å². The summed E-state index contributed by atoms with van der Waals surface area (Å²) in [6, 6.07) is 88.7. The highest BCUT2D eigenvalue weighted by atomic mass is 16.3. The second-order valence-electron chi connectivity index (χ2n) is 28.8. The average Bonchev–Trinajstić information content (AvgIpc) is 1.59. The van der Waals surface area contributed by atoms with Crippen molar-refractivity contribution < 1.29 is 4.42 Å². The standard InChI is InChI=1S/C92H70N2O/c1-55-82(68-36-25-40-73-83(68)67-35-20-23-38-71(67)92(73)74-51-59(57-27-11-7-12-28-57)45-48-63(74)64-49-46-60(52-75(64)92)58-29-13-8-14-30-58)88-56(2)86-87(55)91(6)76(65-33-21-24-41-77(65)94(91)62-31-15-9-16-32-62)54-90(86,5)61-47-50-80-69(53-61)85-79(42-17-10-18-44-81(85)95-80)93(88)78-43-26-39-72-84(78)66-34-19-22-37-70(66)89(72,3)4/h7-9,11-16,19-33,35-43,45-56,66H,17,34,44H2,1-6H3/b79-42+. The van der Waals surface area contributed by atoms with E-state index in [4.69, 9.17) is 4.42 Å². The van der Waals surface area contributed by atoms with E-state index in [0.29, 0.717) is 12.8 Å². The molecular weight excluding hydrogens is 1150 g/mol. The van der Waals surface area contributed by atoms with Crippen LogP contribution in [0, 0.1) is 23.7 Å². The monoisotopic (exact) mass is 1220 g/mol. The van der Waals surface area contributed by atoms with E-state index in [2.05, 4.69) is 324 Å². The molecule has 1 spiro atoms. The summed E-state index contributed by atoms with van der Waals surface area (Å²) >= 11 is 0. The van der Waals surface area contributed by atoms with E-state index >= 15 is 0 Å². The summed E-state index contributed by atoms with van der Waals surface area (Å²) < 4.78 is 7.27. The number of furan rings is 1. The van der Waals surface area contributed by atoms with E-state index in [1.54, 1.807) is 0 Å². The normalized spacial score (nSPS) is 23.2. The van der Waals surface area contributed by atoms with E-state index in [1.165, 1.54) is 145 Å². The molecule has 7 aliphatic carbocycles. The fraction of sp³-hybridized carbons (Fsp3) is 0.174. The number of allylic oxidation sites excluding steroid dienone is 8. The van der Waals surface area contributed by atoms with E-state index in [1.807, 2.05) is 0 Å². The molecule has 4 bridgehead atoms. The Balaban J connectivity index is 0.954. The number of nitrogens with zero attached hydrogens (tertiary/aromatic N) is 2. The van der Waals surface area contributed by atoms with Crippen molar-refractivity contribution in [2.24, 2.45) is 11.8 Å². The van der Waals surface area contributed by atoms with Gasteiger partial charge in [0.25, 0.3) is 0 Å². The van der Waals surface area contributed by atoms with Gasteiger partial charge in [-0.25, -0.2) is 0 Å². The number of rotatable bonds is 5. The van der Waals surface area contributed by atoms with Gasteiger partial charge in [0, 0.05) is 74.3 Å². The van der Waals surface area contributed by atoms with Gasteiger partial charge in [-0.15, -0.1) is 0 Å². The van der Waals surface area contributed by atoms with Crippen LogP contribution in [0.1, 0.15) is 122 Å². The first-order chi connectivity index (χ1) is 46.5. The first-order valence-electron chi connectivity index (χ1n) is 34.3. The number of benzene rings is 10. The van der Waals surface area contributed by atoms with Gasteiger partial charge in [0.2, 0.25) is 0 Å². The van der Waals surface area contributed by atoms with Gasteiger partial charge in [-0.05, 0) is 186 Å². The third-order valence-electron chi connectivity index (χ3n) is 24.0. The topological polar surface area (TPSA) is 19.6 Å². The molecule has 3 heteroatoms. The summed E-state index contributed by atoms with van der Waals surface area (Å²) in [6.07, 6.45) is 14.4. The van der Waals surface area contributed by atoms with Gasteiger partial charge in [0.15, 0.2) is 0 Å². The molecule has 1 aromatic heterocycles. The number of hydrogen-bond acceptors (Lipinski definition) is 3. The molecule has 20 rings (SSSR count). The van der Waals surface area contributed by atoms with E-state index in [9.17, 15) is 0 Å². The predicted octanol–water partition coefficient (Wildman–Crippen LogP) is 22.4. The highest BCUT2D eigenvalue weighted by Crippen LogP contribution is 2.70. The molecule has 0 saturated carbocycles. The molecule has 2 aliphatic heterocycles. The van der Waals surface area contributed by atoms with Crippen molar-refractivity contribution in [2.45, 2.75) is 88.5 Å². The van der Waals surface area contributed by atoms with Gasteiger partial charge in [-0.2, -0.15) is 0 Å². The fourth-order valence-corrected chi connectivity index (χ4v) is 20.3. The van der Waals surface area contributed by atoms with Gasteiger partial charge in [0.05, 0.1) is 23.1 Å². The van der Waals surface area contributed by atoms with Gasteiger partial charge < -0.3 is 14.2 Å². The molecule has 3 heterocycles. The first-order valence-corrected chi connectivity index (χ1v) is 34.3. The fourth-order valence-electron chi connectivity index (χ4n) is 20.3. The summed E-state index contributed by atoms with van der Waals surface area (Å²) in [4.78, 5) is 5.56. The molecule has 10 aromatic carbocycles. The minimum atomic E-state index is -0.677. The van der Waals surface area contributed by atoms with Gasteiger partial charge in [-0.1, -0.05) is 251 Å². The summed E-state index contributed by atoms with van der Waals surface area (Å²) in [5.74, 6) is 8.07. The average molecular weight is 1220 g/mol. The van der Waals surface area contributed by atoms with E-state index in [0.717, 1.165) is 34.4 Å². The maximum Gasteiger partial charge on any atom is 0.135 e. The van der Waals surface area contributed by atoms with Gasteiger partial charge >= 0.3 is 0 Å². The van der Waals surface area contributed by atoms with E-state index < -0.39 is 16.4 Å². The lowest BCUT2D eigenvalue weighted by atomic mass is 9.54. The van der Waals surface area contributed by atoms with E-state index in [-0.39, 0.29) is 23.2 Å². The number of hydrogen-bond donors (Lipinski definition) is 0. The van der Waals surface area contributed by atoms with Crippen LogP contribution in [0.15, 0.2) is 288 Å². The number of fused-ring (bicyclic) bond motifs is 20. The van der Waals surface area contributed by atoms with Gasteiger partial charge in [-0.3, -0.25) is 0 Å². The SMILES string of the molecule is CC1C2=C(c3cccc4c3-c3ccccc3C43c4cc(-c5ccccc5)ccc4-c4ccc(-c5ccccc5)cc43)C(C)C3=C1C(C)(C=C1c4ccccc4N(c4ccccc4)C13C)c1ccc3oc4c(c3c1)/C(=C\CC#CC4)N2c1cccc2c1C1CC=CC=C1C2(C)C. The Labute approximate surface area is 557 Å². The molecule has 0 amide bonds. The molecule has 0 saturated heterocycles. The molecule has 0 fully saturated rings. The third-order valence-corrected chi connectivity index (χ3v) is 24.0. The Morgan fingerprint density at radius 3 is 1.91 bits per heavy atom. The molecule has 95 heavy (non-hydrogen) atoms. The maximum atomic E-state index is 7.27. The Kier molecular flexibility index (Phi) is 11.2. The molecule has 5 unspecified atom stereocenters. The van der Waals surface area contributed by atoms with Crippen LogP contribution >= 0.6 is 0 Å². The molecule has 3 nitrogen and oxygen atoms in total. The maximum absolute atomic E-state index is 7.27. The van der Waals surface area contributed by atoms with Crippen LogP contribution in [0.4, 0.5) is 17.1 Å². The van der Waals surface area contributed by atoms with Crippen LogP contribution in [0.3, 0.4) is 0 Å².